The predicted molar refractivity (Wildman–Crippen MR) is 271 cm³/mol. The fourth-order valence-electron chi connectivity index (χ4n) is 7.86. The van der Waals surface area contributed by atoms with E-state index in [9.17, 15) is 19.5 Å². The average molecular weight is 924 g/mol. The lowest BCUT2D eigenvalue weighted by Gasteiger charge is -2.26. The second kappa shape index (κ2) is 21.0. The lowest BCUT2D eigenvalue weighted by atomic mass is 10.0. The third kappa shape index (κ3) is 10.4. The quantitative estimate of drug-likeness (QED) is 0.0574. The van der Waals surface area contributed by atoms with Crippen LogP contribution in [-0.2, 0) is 12.8 Å². The number of thiophene rings is 5. The number of rotatable bonds is 21. The minimum Gasteiger partial charge on any atom is -0.477 e. The number of carbonyl (C=O) groups is 3. The Labute approximate surface area is 390 Å². The summed E-state index contributed by atoms with van der Waals surface area (Å²) in [6, 6.07) is 42.1. The average Bonchev–Trinajstić information content (AvgIpc) is 4.18. The Kier molecular flexibility index (Phi) is 14.8. The van der Waals surface area contributed by atoms with Crippen molar-refractivity contribution in [2.45, 2.75) is 78.1 Å². The van der Waals surface area contributed by atoms with E-state index < -0.39 is 5.97 Å². The second-order valence-corrected chi connectivity index (χ2v) is 21.1. The maximum Gasteiger partial charge on any atom is 0.345 e. The minimum atomic E-state index is -0.876. The van der Waals surface area contributed by atoms with Crippen molar-refractivity contribution in [2.75, 3.05) is 4.90 Å². The Morgan fingerprint density at radius 3 is 1.32 bits per heavy atom. The van der Waals surface area contributed by atoms with E-state index in [-0.39, 0.29) is 0 Å². The molecular weight excluding hydrogens is 875 g/mol. The van der Waals surface area contributed by atoms with Crippen molar-refractivity contribution in [1.82, 2.24) is 0 Å². The molecule has 0 fully saturated rings. The Hall–Kier alpha value is -5.23. The van der Waals surface area contributed by atoms with Gasteiger partial charge in [-0.1, -0.05) is 88.8 Å². The molecule has 0 atom stereocenters. The zero-order valence-electron chi connectivity index (χ0n) is 35.4. The monoisotopic (exact) mass is 923 g/mol. The SMILES string of the molecule is CCCCCCc1cc(-c2ccc(N(c3ccc(-c4ccc(C=O)s4)cc3)c3ccc(-c4ccc(C=O)s4)cc3)cc2)sc1-c1sc(-c2ccc(C(=O)O)s2)cc1CCCCCC. The third-order valence-electron chi connectivity index (χ3n) is 11.2. The van der Waals surface area contributed by atoms with E-state index in [1.807, 2.05) is 53.0 Å². The summed E-state index contributed by atoms with van der Waals surface area (Å²) in [5.74, 6) is -0.876. The molecule has 5 nitrogen and oxygen atoms in total. The molecule has 0 saturated carbocycles. The fourth-order valence-corrected chi connectivity index (χ4v) is 13.1. The Balaban J connectivity index is 1.15. The molecule has 0 aliphatic rings. The summed E-state index contributed by atoms with van der Waals surface area (Å²) in [6.45, 7) is 4.51. The van der Waals surface area contributed by atoms with Crippen LogP contribution in [0.5, 0.6) is 0 Å². The maximum absolute atomic E-state index is 11.8. The molecule has 5 heterocycles. The number of aryl methyl sites for hydroxylation is 2. The molecule has 1 N–H and O–H groups in total. The van der Waals surface area contributed by atoms with Crippen molar-refractivity contribution in [3.05, 3.63) is 147 Å². The first-order valence-electron chi connectivity index (χ1n) is 21.7. The van der Waals surface area contributed by atoms with Gasteiger partial charge in [-0.15, -0.1) is 56.7 Å². The number of unbranched alkanes of at least 4 members (excludes halogenated alkanes) is 6. The van der Waals surface area contributed by atoms with Crippen molar-refractivity contribution >= 4 is 92.3 Å². The molecule has 0 radical (unpaired) electrons. The number of carboxylic acid groups (broad SMARTS) is 1. The van der Waals surface area contributed by atoms with Crippen LogP contribution in [0, 0.1) is 0 Å². The van der Waals surface area contributed by atoms with Crippen molar-refractivity contribution in [1.29, 1.82) is 0 Å². The largest absolute Gasteiger partial charge is 0.477 e. The Morgan fingerprint density at radius 1 is 0.476 bits per heavy atom. The number of carbonyl (C=O) groups excluding carboxylic acids is 2. The summed E-state index contributed by atoms with van der Waals surface area (Å²) in [5, 5.41) is 9.69. The lowest BCUT2D eigenvalue weighted by molar-refractivity contribution is 0.0701. The smallest absolute Gasteiger partial charge is 0.345 e. The maximum atomic E-state index is 11.8. The zero-order chi connectivity index (χ0) is 43.7. The summed E-state index contributed by atoms with van der Waals surface area (Å²) in [5.41, 5.74) is 9.13. The number of anilines is 3. The van der Waals surface area contributed by atoms with Crippen LogP contribution in [0.2, 0.25) is 0 Å². The van der Waals surface area contributed by atoms with Crippen LogP contribution in [0.4, 0.5) is 17.1 Å². The molecule has 0 amide bonds. The second-order valence-electron chi connectivity index (χ2n) is 15.6. The molecule has 8 rings (SSSR count). The number of aromatic carboxylic acids is 1. The van der Waals surface area contributed by atoms with Gasteiger partial charge in [0, 0.05) is 51.2 Å². The van der Waals surface area contributed by atoms with Gasteiger partial charge in [-0.05, 0) is 138 Å². The van der Waals surface area contributed by atoms with Gasteiger partial charge in [0.05, 0.1) is 9.75 Å². The van der Waals surface area contributed by atoms with Gasteiger partial charge in [-0.3, -0.25) is 9.59 Å². The molecule has 0 bridgehead atoms. The van der Waals surface area contributed by atoms with Crippen molar-refractivity contribution in [2.24, 2.45) is 0 Å². The first-order chi connectivity index (χ1) is 30.8. The van der Waals surface area contributed by atoms with Gasteiger partial charge in [-0.25, -0.2) is 4.79 Å². The van der Waals surface area contributed by atoms with E-state index in [4.69, 9.17) is 0 Å². The van der Waals surface area contributed by atoms with E-state index in [1.54, 1.807) is 6.07 Å². The van der Waals surface area contributed by atoms with Crippen LogP contribution in [0.1, 0.15) is 105 Å². The molecule has 320 valence electrons. The number of carboxylic acids is 1. The molecular formula is C53H49NO4S5. The van der Waals surface area contributed by atoms with Crippen LogP contribution < -0.4 is 4.90 Å². The van der Waals surface area contributed by atoms with Crippen molar-refractivity contribution in [3.63, 3.8) is 0 Å². The highest BCUT2D eigenvalue weighted by Gasteiger charge is 2.21. The molecule has 0 spiro atoms. The summed E-state index contributed by atoms with van der Waals surface area (Å²) >= 11 is 8.04. The molecule has 63 heavy (non-hydrogen) atoms. The van der Waals surface area contributed by atoms with E-state index in [0.29, 0.717) is 14.6 Å². The summed E-state index contributed by atoms with van der Waals surface area (Å²) in [6.07, 6.45) is 13.4. The van der Waals surface area contributed by atoms with E-state index >= 15 is 0 Å². The van der Waals surface area contributed by atoms with Crippen LogP contribution in [0.25, 0.3) is 50.8 Å². The molecule has 0 aliphatic carbocycles. The highest BCUT2D eigenvalue weighted by atomic mass is 32.1. The van der Waals surface area contributed by atoms with E-state index in [0.717, 1.165) is 86.0 Å². The fraction of sp³-hybridized carbons (Fsp3) is 0.226. The summed E-state index contributed by atoms with van der Waals surface area (Å²) < 4.78 is 0. The van der Waals surface area contributed by atoms with Gasteiger partial charge in [0.25, 0.3) is 0 Å². The van der Waals surface area contributed by atoms with E-state index in [1.165, 1.54) is 104 Å². The third-order valence-corrected chi connectivity index (χ3v) is 17.2. The zero-order valence-corrected chi connectivity index (χ0v) is 39.5. The highest BCUT2D eigenvalue weighted by Crippen LogP contribution is 2.48. The molecule has 0 aliphatic heterocycles. The van der Waals surface area contributed by atoms with Gasteiger partial charge in [0.15, 0.2) is 12.6 Å². The van der Waals surface area contributed by atoms with Crippen molar-refractivity contribution in [3.8, 4) is 50.8 Å². The van der Waals surface area contributed by atoms with Gasteiger partial charge in [-0.2, -0.15) is 0 Å². The van der Waals surface area contributed by atoms with Crippen LogP contribution >= 0.6 is 56.7 Å². The highest BCUT2D eigenvalue weighted by molar-refractivity contribution is 7.27. The van der Waals surface area contributed by atoms with Gasteiger partial charge in [0.2, 0.25) is 0 Å². The lowest BCUT2D eigenvalue weighted by Crippen LogP contribution is -2.09. The van der Waals surface area contributed by atoms with Crippen LogP contribution in [0.15, 0.2) is 121 Å². The topological polar surface area (TPSA) is 74.7 Å². The Bertz CT molecular complexity index is 2690. The molecule has 5 aromatic heterocycles. The van der Waals surface area contributed by atoms with Gasteiger partial charge >= 0.3 is 5.97 Å². The number of hydrogen-bond acceptors (Lipinski definition) is 9. The van der Waals surface area contributed by atoms with Crippen LogP contribution in [0.3, 0.4) is 0 Å². The first kappa shape index (κ1) is 44.4. The standard InChI is InChI=1S/C53H49NO4S5/c1-3-5-7-9-11-38-31-49(62-51(38)52-39(12-10-8-6-4-2)32-50(63-52)47-29-30-48(61-47)53(57)58)37-17-23-42(24-18-37)54(40-19-13-35(14-20-40)45-27-25-43(33-55)59-45)41-21-15-36(16-22-41)46-28-26-44(34-56)60-46/h13-34H,3-12H2,1-2H3,(H,57,58). The predicted octanol–water partition coefficient (Wildman–Crippen LogP) is 17.4. The van der Waals surface area contributed by atoms with Gasteiger partial charge < -0.3 is 10.0 Å². The normalized spacial score (nSPS) is 11.3. The molecule has 0 saturated heterocycles. The molecule has 10 heteroatoms. The number of benzene rings is 3. The number of nitrogens with zero attached hydrogens (tertiary/aromatic N) is 1. The molecule has 0 unspecified atom stereocenters. The molecule has 8 aromatic rings. The van der Waals surface area contributed by atoms with Crippen molar-refractivity contribution < 1.29 is 19.5 Å². The summed E-state index contributed by atoms with van der Waals surface area (Å²) in [7, 11) is 0. The molecule has 3 aromatic carbocycles. The van der Waals surface area contributed by atoms with Gasteiger partial charge in [0.1, 0.15) is 4.88 Å². The number of hydrogen-bond donors (Lipinski definition) is 1. The van der Waals surface area contributed by atoms with Crippen LogP contribution in [-0.4, -0.2) is 23.6 Å². The Morgan fingerprint density at radius 2 is 0.905 bits per heavy atom. The summed E-state index contributed by atoms with van der Waals surface area (Å²) in [4.78, 5) is 46.9. The van der Waals surface area contributed by atoms with E-state index in [2.05, 4.69) is 104 Å². The first-order valence-corrected chi connectivity index (χ1v) is 25.7. The number of aldehydes is 2. The minimum absolute atomic E-state index is 0.371.